The molecular weight excluding hydrogens is 416 g/mol. The van der Waals surface area contributed by atoms with E-state index in [0.717, 1.165) is 30.8 Å². The van der Waals surface area contributed by atoms with Gasteiger partial charge in [-0.15, -0.1) is 11.3 Å². The molecule has 1 aromatic heterocycles. The van der Waals surface area contributed by atoms with Gasteiger partial charge in [0.1, 0.15) is 17.4 Å². The van der Waals surface area contributed by atoms with Crippen LogP contribution < -0.4 is 10.5 Å². The second-order valence-electron chi connectivity index (χ2n) is 4.46. The van der Waals surface area contributed by atoms with Gasteiger partial charge in [-0.2, -0.15) is 0 Å². The predicted molar refractivity (Wildman–Crippen MR) is 93.7 cm³/mol. The minimum absolute atomic E-state index is 0.443. The van der Waals surface area contributed by atoms with Crippen LogP contribution in [0.3, 0.4) is 0 Å². The Morgan fingerprint density at radius 3 is 2.52 bits per heavy atom. The first-order chi connectivity index (χ1) is 10.2. The normalized spacial score (nSPS) is 11.0. The largest absolute Gasteiger partial charge is 0.484 e. The summed E-state index contributed by atoms with van der Waals surface area (Å²) in [6, 6.07) is 12.0. The number of benzene rings is 2. The standard InChI is InChI=1S/C15H12Br2N2OS/c16-10-5-9(7-18)6-11(17)15(10)20-8-14-19-12-3-1-2-4-13(12)21-14/h1-6H,7-8,18H2. The molecule has 0 atom stereocenters. The molecule has 108 valence electrons. The molecule has 6 heteroatoms. The quantitative estimate of drug-likeness (QED) is 0.646. The number of ether oxygens (including phenoxy) is 1. The van der Waals surface area contributed by atoms with Crippen molar-refractivity contribution in [2.75, 3.05) is 0 Å². The Labute approximate surface area is 143 Å². The van der Waals surface area contributed by atoms with Crippen LogP contribution in [0.5, 0.6) is 5.75 Å². The lowest BCUT2D eigenvalue weighted by Crippen LogP contribution is -2.00. The van der Waals surface area contributed by atoms with Gasteiger partial charge in [0, 0.05) is 6.54 Å². The summed E-state index contributed by atoms with van der Waals surface area (Å²) in [7, 11) is 0. The van der Waals surface area contributed by atoms with Crippen molar-refractivity contribution in [1.29, 1.82) is 0 Å². The van der Waals surface area contributed by atoms with E-state index in [4.69, 9.17) is 10.5 Å². The highest BCUT2D eigenvalue weighted by Gasteiger charge is 2.10. The molecule has 0 aliphatic carbocycles. The zero-order chi connectivity index (χ0) is 14.8. The van der Waals surface area contributed by atoms with E-state index in [1.165, 1.54) is 4.70 Å². The van der Waals surface area contributed by atoms with Crippen LogP contribution >= 0.6 is 43.2 Å². The Morgan fingerprint density at radius 2 is 1.86 bits per heavy atom. The van der Waals surface area contributed by atoms with Gasteiger partial charge in [-0.05, 0) is 61.7 Å². The predicted octanol–water partition coefficient (Wildman–Crippen LogP) is 4.86. The first-order valence-electron chi connectivity index (χ1n) is 6.32. The third-order valence-electron chi connectivity index (χ3n) is 2.97. The molecule has 3 nitrogen and oxygen atoms in total. The van der Waals surface area contributed by atoms with Crippen molar-refractivity contribution in [3.05, 3.63) is 55.9 Å². The Balaban J connectivity index is 1.81. The third kappa shape index (κ3) is 3.29. The number of nitrogens with two attached hydrogens (primary N) is 1. The first-order valence-corrected chi connectivity index (χ1v) is 8.73. The zero-order valence-electron chi connectivity index (χ0n) is 11.0. The maximum absolute atomic E-state index is 5.90. The van der Waals surface area contributed by atoms with Crippen LogP contribution in [0.15, 0.2) is 45.3 Å². The summed E-state index contributed by atoms with van der Waals surface area (Å²) in [4.78, 5) is 4.56. The molecule has 3 aromatic rings. The van der Waals surface area contributed by atoms with Gasteiger partial charge in [-0.25, -0.2) is 4.98 Å². The molecule has 0 aliphatic rings. The summed E-state index contributed by atoms with van der Waals surface area (Å²) in [6.45, 7) is 0.938. The maximum Gasteiger partial charge on any atom is 0.148 e. The zero-order valence-corrected chi connectivity index (χ0v) is 15.0. The van der Waals surface area contributed by atoms with E-state index in [9.17, 15) is 0 Å². The molecule has 0 saturated carbocycles. The van der Waals surface area contributed by atoms with Gasteiger partial charge in [0.15, 0.2) is 0 Å². The van der Waals surface area contributed by atoms with Crippen LogP contribution in [-0.2, 0) is 13.2 Å². The smallest absolute Gasteiger partial charge is 0.148 e. The molecule has 1 heterocycles. The molecule has 21 heavy (non-hydrogen) atoms. The van der Waals surface area contributed by atoms with Gasteiger partial charge >= 0.3 is 0 Å². The number of para-hydroxylation sites is 1. The molecule has 0 amide bonds. The van der Waals surface area contributed by atoms with Crippen molar-refractivity contribution >= 4 is 53.4 Å². The fraction of sp³-hybridized carbons (Fsp3) is 0.133. The van der Waals surface area contributed by atoms with Crippen molar-refractivity contribution in [2.24, 2.45) is 5.73 Å². The highest BCUT2D eigenvalue weighted by Crippen LogP contribution is 2.35. The third-order valence-corrected chi connectivity index (χ3v) is 5.16. The number of halogens is 2. The van der Waals surface area contributed by atoms with Crippen LogP contribution in [0.2, 0.25) is 0 Å². The number of rotatable bonds is 4. The van der Waals surface area contributed by atoms with Crippen molar-refractivity contribution in [2.45, 2.75) is 13.2 Å². The first kappa shape index (κ1) is 15.0. The van der Waals surface area contributed by atoms with Gasteiger partial charge in [-0.1, -0.05) is 12.1 Å². The fourth-order valence-corrected chi connectivity index (χ4v) is 4.37. The van der Waals surface area contributed by atoms with Crippen molar-refractivity contribution in [1.82, 2.24) is 4.98 Å². The molecule has 0 spiro atoms. The number of aromatic nitrogens is 1. The summed E-state index contributed by atoms with van der Waals surface area (Å²) in [5.74, 6) is 0.770. The molecule has 0 radical (unpaired) electrons. The molecule has 2 N–H and O–H groups in total. The lowest BCUT2D eigenvalue weighted by Gasteiger charge is -2.10. The van der Waals surface area contributed by atoms with Gasteiger partial charge in [0.05, 0.1) is 19.2 Å². The molecule has 3 rings (SSSR count). The van der Waals surface area contributed by atoms with E-state index in [-0.39, 0.29) is 0 Å². The van der Waals surface area contributed by atoms with Gasteiger partial charge in [0.2, 0.25) is 0 Å². The molecule has 2 aromatic carbocycles. The van der Waals surface area contributed by atoms with E-state index < -0.39 is 0 Å². The van der Waals surface area contributed by atoms with Gasteiger partial charge in [0.25, 0.3) is 0 Å². The van der Waals surface area contributed by atoms with Crippen LogP contribution in [0.1, 0.15) is 10.6 Å². The van der Waals surface area contributed by atoms with Crippen LogP contribution in [0.25, 0.3) is 10.2 Å². The maximum atomic E-state index is 5.90. The SMILES string of the molecule is NCc1cc(Br)c(OCc2nc3ccccc3s2)c(Br)c1. The van der Waals surface area contributed by atoms with Crippen LogP contribution in [0, 0.1) is 0 Å². The summed E-state index contributed by atoms with van der Waals surface area (Å²) < 4.78 is 8.84. The second kappa shape index (κ2) is 6.44. The van der Waals surface area contributed by atoms with Gasteiger partial charge < -0.3 is 10.5 Å². The van der Waals surface area contributed by atoms with E-state index in [0.29, 0.717) is 13.2 Å². The topological polar surface area (TPSA) is 48.1 Å². The fourth-order valence-electron chi connectivity index (χ4n) is 1.98. The molecular formula is C15H12Br2N2OS. The van der Waals surface area contributed by atoms with E-state index in [1.807, 2.05) is 30.3 Å². The van der Waals surface area contributed by atoms with E-state index in [1.54, 1.807) is 11.3 Å². The highest BCUT2D eigenvalue weighted by molar-refractivity contribution is 9.11. The van der Waals surface area contributed by atoms with Crippen LogP contribution in [0.4, 0.5) is 0 Å². The van der Waals surface area contributed by atoms with E-state index in [2.05, 4.69) is 42.9 Å². The molecule has 0 bridgehead atoms. The molecule has 0 unspecified atom stereocenters. The number of fused-ring (bicyclic) bond motifs is 1. The Bertz CT molecular complexity index is 732. The second-order valence-corrected chi connectivity index (χ2v) is 7.28. The van der Waals surface area contributed by atoms with Crippen molar-refractivity contribution in [3.63, 3.8) is 0 Å². The molecule has 0 aliphatic heterocycles. The number of thiazole rings is 1. The summed E-state index contributed by atoms with van der Waals surface area (Å²) in [6.07, 6.45) is 0. The lowest BCUT2D eigenvalue weighted by molar-refractivity contribution is 0.302. The lowest BCUT2D eigenvalue weighted by atomic mass is 10.2. The monoisotopic (exact) mass is 426 g/mol. The number of hydrogen-bond donors (Lipinski definition) is 1. The minimum Gasteiger partial charge on any atom is -0.484 e. The Morgan fingerprint density at radius 1 is 1.14 bits per heavy atom. The van der Waals surface area contributed by atoms with Gasteiger partial charge in [-0.3, -0.25) is 0 Å². The molecule has 0 fully saturated rings. The number of nitrogens with zero attached hydrogens (tertiary/aromatic N) is 1. The van der Waals surface area contributed by atoms with E-state index >= 15 is 0 Å². The Hall–Kier alpha value is -0.950. The molecule has 0 saturated heterocycles. The Kier molecular flexibility index (Phi) is 4.59. The summed E-state index contributed by atoms with van der Waals surface area (Å²) >= 11 is 8.69. The van der Waals surface area contributed by atoms with Crippen LogP contribution in [-0.4, -0.2) is 4.98 Å². The van der Waals surface area contributed by atoms with Crippen molar-refractivity contribution in [3.8, 4) is 5.75 Å². The van der Waals surface area contributed by atoms with Crippen molar-refractivity contribution < 1.29 is 4.74 Å². The average molecular weight is 428 g/mol. The summed E-state index contributed by atoms with van der Waals surface area (Å²) in [5.41, 5.74) is 7.71. The summed E-state index contributed by atoms with van der Waals surface area (Å²) in [5, 5.41) is 0.956. The minimum atomic E-state index is 0.443. The average Bonchev–Trinajstić information content (AvgIpc) is 2.88. The highest BCUT2D eigenvalue weighted by atomic mass is 79.9. The number of hydrogen-bond acceptors (Lipinski definition) is 4.